The Labute approximate surface area is 196 Å². The molecule has 10 heteroatoms. The fraction of sp³-hybridized carbons (Fsp3) is 0.261. The number of benzene rings is 2. The minimum Gasteiger partial charge on any atom is -0.452 e. The highest BCUT2D eigenvalue weighted by atomic mass is 35.5. The molecule has 1 aliphatic heterocycles. The van der Waals surface area contributed by atoms with Crippen molar-refractivity contribution in [1.29, 1.82) is 0 Å². The van der Waals surface area contributed by atoms with E-state index in [2.05, 4.69) is 4.98 Å². The maximum absolute atomic E-state index is 12.7. The molecule has 1 aromatic heterocycles. The topological polar surface area (TPSA) is 96.9 Å². The summed E-state index contributed by atoms with van der Waals surface area (Å²) in [6.07, 6.45) is 0. The zero-order chi connectivity index (χ0) is 23.4. The molecule has 0 unspecified atom stereocenters. The lowest BCUT2D eigenvalue weighted by molar-refractivity contribution is -0.135. The molecule has 2 heterocycles. The second kappa shape index (κ2) is 9.86. The normalized spacial score (nSPS) is 14.9. The van der Waals surface area contributed by atoms with E-state index in [1.54, 1.807) is 54.6 Å². The van der Waals surface area contributed by atoms with Gasteiger partial charge in [0.15, 0.2) is 6.61 Å². The van der Waals surface area contributed by atoms with Crippen LogP contribution >= 0.6 is 11.6 Å². The van der Waals surface area contributed by atoms with Crippen LogP contribution < -0.4 is 0 Å². The third-order valence-electron chi connectivity index (χ3n) is 5.39. The van der Waals surface area contributed by atoms with Gasteiger partial charge in [-0.2, -0.15) is 4.31 Å². The van der Waals surface area contributed by atoms with Crippen molar-refractivity contribution in [3.63, 3.8) is 0 Å². The Kier molecular flexibility index (Phi) is 6.92. The first-order valence-electron chi connectivity index (χ1n) is 10.3. The van der Waals surface area contributed by atoms with Crippen LogP contribution in [-0.2, 0) is 25.3 Å². The Morgan fingerprint density at radius 1 is 0.970 bits per heavy atom. The summed E-state index contributed by atoms with van der Waals surface area (Å²) in [7, 11) is -3.47. The van der Waals surface area contributed by atoms with Gasteiger partial charge in [-0.25, -0.2) is 18.2 Å². The number of fused-ring (bicyclic) bond motifs is 1. The molecule has 4 rings (SSSR count). The molecule has 1 amide bonds. The highest BCUT2D eigenvalue weighted by Crippen LogP contribution is 2.18. The standard InChI is InChI=1S/C23H22ClN3O5S/c24-21-9-7-18-14-19(6-8-20(18)25-21)23(29)32-15-22(28)26-10-12-27(13-11-26)33(30,31)16-17-4-2-1-3-5-17/h1-9,14H,10-13,15-16H2. The number of rotatable bonds is 6. The monoisotopic (exact) mass is 487 g/mol. The molecule has 0 radical (unpaired) electrons. The number of esters is 1. The average molecular weight is 488 g/mol. The van der Waals surface area contributed by atoms with Crippen molar-refractivity contribution in [2.24, 2.45) is 0 Å². The lowest BCUT2D eigenvalue weighted by atomic mass is 10.1. The van der Waals surface area contributed by atoms with E-state index in [1.165, 1.54) is 9.21 Å². The number of sulfonamides is 1. The third kappa shape index (κ3) is 5.68. The molecule has 33 heavy (non-hydrogen) atoms. The Balaban J connectivity index is 1.28. The highest BCUT2D eigenvalue weighted by Gasteiger charge is 2.29. The number of hydrogen-bond acceptors (Lipinski definition) is 6. The van der Waals surface area contributed by atoms with E-state index in [0.29, 0.717) is 16.2 Å². The first-order valence-corrected chi connectivity index (χ1v) is 12.3. The van der Waals surface area contributed by atoms with E-state index < -0.39 is 22.6 Å². The van der Waals surface area contributed by atoms with Crippen molar-refractivity contribution in [3.05, 3.63) is 76.9 Å². The third-order valence-corrected chi connectivity index (χ3v) is 7.45. The summed E-state index contributed by atoms with van der Waals surface area (Å²) in [5, 5.41) is 1.09. The van der Waals surface area contributed by atoms with Crippen molar-refractivity contribution < 1.29 is 22.7 Å². The maximum atomic E-state index is 12.7. The van der Waals surface area contributed by atoms with Crippen LogP contribution in [0, 0.1) is 0 Å². The van der Waals surface area contributed by atoms with Crippen LogP contribution in [-0.4, -0.2) is 67.3 Å². The van der Waals surface area contributed by atoms with E-state index >= 15 is 0 Å². The van der Waals surface area contributed by atoms with Crippen molar-refractivity contribution in [1.82, 2.24) is 14.2 Å². The van der Waals surface area contributed by atoms with Crippen LogP contribution in [0.5, 0.6) is 0 Å². The SMILES string of the molecule is O=C(OCC(=O)N1CCN(S(=O)(=O)Cc2ccccc2)CC1)c1ccc2nc(Cl)ccc2c1. The molecule has 0 bridgehead atoms. The van der Waals surface area contributed by atoms with Gasteiger partial charge in [0.1, 0.15) is 5.15 Å². The molecule has 1 saturated heterocycles. The first-order chi connectivity index (χ1) is 15.8. The van der Waals surface area contributed by atoms with Gasteiger partial charge in [-0.15, -0.1) is 0 Å². The van der Waals surface area contributed by atoms with Crippen LogP contribution in [0.15, 0.2) is 60.7 Å². The number of pyridine rings is 1. The van der Waals surface area contributed by atoms with Gasteiger partial charge in [-0.1, -0.05) is 41.9 Å². The second-order valence-corrected chi connectivity index (χ2v) is 10.00. The fourth-order valence-corrected chi connectivity index (χ4v) is 5.29. The van der Waals surface area contributed by atoms with Gasteiger partial charge in [0, 0.05) is 31.6 Å². The van der Waals surface area contributed by atoms with Crippen LogP contribution in [0.2, 0.25) is 5.15 Å². The number of piperazine rings is 1. The fourth-order valence-electron chi connectivity index (χ4n) is 3.62. The summed E-state index contributed by atoms with van der Waals surface area (Å²) in [6, 6.07) is 17.2. The van der Waals surface area contributed by atoms with E-state index in [0.717, 1.165) is 10.9 Å². The van der Waals surface area contributed by atoms with Crippen molar-refractivity contribution in [2.75, 3.05) is 32.8 Å². The van der Waals surface area contributed by atoms with Crippen molar-refractivity contribution >= 4 is 44.4 Å². The zero-order valence-electron chi connectivity index (χ0n) is 17.7. The molecule has 0 N–H and O–H groups in total. The van der Waals surface area contributed by atoms with Gasteiger partial charge in [0.25, 0.3) is 5.91 Å². The zero-order valence-corrected chi connectivity index (χ0v) is 19.3. The number of hydrogen-bond donors (Lipinski definition) is 0. The van der Waals surface area contributed by atoms with E-state index in [-0.39, 0.29) is 37.8 Å². The van der Waals surface area contributed by atoms with Gasteiger partial charge in [0.05, 0.1) is 16.8 Å². The molecule has 0 spiro atoms. The summed E-state index contributed by atoms with van der Waals surface area (Å²) in [5.41, 5.74) is 1.67. The maximum Gasteiger partial charge on any atom is 0.338 e. The average Bonchev–Trinajstić information content (AvgIpc) is 2.82. The smallest absolute Gasteiger partial charge is 0.338 e. The van der Waals surface area contributed by atoms with Gasteiger partial charge in [0.2, 0.25) is 10.0 Å². The molecular weight excluding hydrogens is 466 g/mol. The molecule has 8 nitrogen and oxygen atoms in total. The van der Waals surface area contributed by atoms with Crippen molar-refractivity contribution in [2.45, 2.75) is 5.75 Å². The predicted molar refractivity (Wildman–Crippen MR) is 124 cm³/mol. The molecular formula is C23H22ClN3O5S. The molecule has 3 aromatic rings. The lowest BCUT2D eigenvalue weighted by Gasteiger charge is -2.33. The Morgan fingerprint density at radius 2 is 1.70 bits per heavy atom. The Hall–Kier alpha value is -3.01. The quantitative estimate of drug-likeness (QED) is 0.392. The highest BCUT2D eigenvalue weighted by molar-refractivity contribution is 7.88. The predicted octanol–water partition coefficient (Wildman–Crippen LogP) is 2.72. The Morgan fingerprint density at radius 3 is 2.42 bits per heavy atom. The van der Waals surface area contributed by atoms with Crippen molar-refractivity contribution in [3.8, 4) is 0 Å². The number of ether oxygens (including phenoxy) is 1. The summed E-state index contributed by atoms with van der Waals surface area (Å²) < 4.78 is 31.9. The summed E-state index contributed by atoms with van der Waals surface area (Å²) in [6.45, 7) is 0.482. The van der Waals surface area contributed by atoms with Crippen LogP contribution in [0.4, 0.5) is 0 Å². The number of carbonyl (C=O) groups excluding carboxylic acids is 2. The Bertz CT molecular complexity index is 1280. The lowest BCUT2D eigenvalue weighted by Crippen LogP contribution is -2.51. The van der Waals surface area contributed by atoms with Gasteiger partial charge in [-0.05, 0) is 35.9 Å². The van der Waals surface area contributed by atoms with E-state index in [4.69, 9.17) is 16.3 Å². The first kappa shape index (κ1) is 23.2. The number of carbonyl (C=O) groups is 2. The molecule has 1 fully saturated rings. The van der Waals surface area contributed by atoms with Crippen LogP contribution in [0.3, 0.4) is 0 Å². The molecule has 1 aliphatic rings. The number of halogens is 1. The van der Waals surface area contributed by atoms with Crippen LogP contribution in [0.1, 0.15) is 15.9 Å². The second-order valence-electron chi connectivity index (χ2n) is 7.64. The summed E-state index contributed by atoms with van der Waals surface area (Å²) in [5.74, 6) is -1.06. The van der Waals surface area contributed by atoms with Crippen LogP contribution in [0.25, 0.3) is 10.9 Å². The summed E-state index contributed by atoms with van der Waals surface area (Å²) in [4.78, 5) is 30.5. The number of amides is 1. The minimum absolute atomic E-state index is 0.0765. The molecule has 0 saturated carbocycles. The molecule has 0 atom stereocenters. The van der Waals surface area contributed by atoms with Gasteiger partial charge >= 0.3 is 5.97 Å². The molecule has 0 aliphatic carbocycles. The summed E-state index contributed by atoms with van der Waals surface area (Å²) >= 11 is 5.87. The number of nitrogens with zero attached hydrogens (tertiary/aromatic N) is 3. The number of aromatic nitrogens is 1. The van der Waals surface area contributed by atoms with Gasteiger partial charge in [-0.3, -0.25) is 4.79 Å². The van der Waals surface area contributed by atoms with Gasteiger partial charge < -0.3 is 9.64 Å². The van der Waals surface area contributed by atoms with E-state index in [9.17, 15) is 18.0 Å². The minimum atomic E-state index is -3.47. The largest absolute Gasteiger partial charge is 0.452 e. The molecule has 172 valence electrons. The van der Waals surface area contributed by atoms with E-state index in [1.807, 2.05) is 6.07 Å². The molecule has 2 aromatic carbocycles.